The van der Waals surface area contributed by atoms with E-state index in [-0.39, 0.29) is 11.0 Å². The summed E-state index contributed by atoms with van der Waals surface area (Å²) in [4.78, 5) is 22.4. The lowest BCUT2D eigenvalue weighted by Gasteiger charge is -2.15. The average Bonchev–Trinajstić information content (AvgIpc) is 2.26. The van der Waals surface area contributed by atoms with Crippen LogP contribution in [0, 0.1) is 13.8 Å². The third-order valence-corrected chi connectivity index (χ3v) is 3.01. The number of aryl methyl sites for hydroxylation is 2. The molecule has 4 nitrogen and oxygen atoms in total. The molecular formula is C14H12ClNO3. The molecule has 0 amide bonds. The Hall–Kier alpha value is -2.07. The van der Waals surface area contributed by atoms with Crippen LogP contribution in [-0.4, -0.2) is 15.6 Å². The summed E-state index contributed by atoms with van der Waals surface area (Å²) in [5, 5.41) is 9.39. The van der Waals surface area contributed by atoms with E-state index >= 15 is 0 Å². The third-order valence-electron chi connectivity index (χ3n) is 2.80. The average molecular weight is 278 g/mol. The standard InChI is InChI=1S/C14H12ClNO3/c1-8-3-13(17)4-9(2)16(8)12-6-10(14(18)19)5-11(15)7-12/h3-7H,1-2H3,(H,18,19). The van der Waals surface area contributed by atoms with Gasteiger partial charge in [0.25, 0.3) is 0 Å². The van der Waals surface area contributed by atoms with E-state index < -0.39 is 5.97 Å². The van der Waals surface area contributed by atoms with Crippen molar-refractivity contribution in [3.8, 4) is 5.69 Å². The van der Waals surface area contributed by atoms with Gasteiger partial charge in [-0.2, -0.15) is 0 Å². The quantitative estimate of drug-likeness (QED) is 0.918. The maximum Gasteiger partial charge on any atom is 0.335 e. The zero-order valence-corrected chi connectivity index (χ0v) is 11.2. The van der Waals surface area contributed by atoms with E-state index in [1.54, 1.807) is 24.5 Å². The molecule has 0 unspecified atom stereocenters. The Kier molecular flexibility index (Phi) is 3.44. The van der Waals surface area contributed by atoms with Crippen LogP contribution in [0.2, 0.25) is 5.02 Å². The van der Waals surface area contributed by atoms with Gasteiger partial charge < -0.3 is 9.67 Å². The van der Waals surface area contributed by atoms with Crippen molar-refractivity contribution in [2.75, 3.05) is 0 Å². The van der Waals surface area contributed by atoms with E-state index in [0.29, 0.717) is 10.7 Å². The highest BCUT2D eigenvalue weighted by atomic mass is 35.5. The van der Waals surface area contributed by atoms with Crippen molar-refractivity contribution in [3.05, 3.63) is 62.5 Å². The summed E-state index contributed by atoms with van der Waals surface area (Å²) in [6, 6.07) is 7.57. The molecule has 0 atom stereocenters. The summed E-state index contributed by atoms with van der Waals surface area (Å²) in [5.74, 6) is -1.04. The van der Waals surface area contributed by atoms with Gasteiger partial charge in [-0.15, -0.1) is 0 Å². The molecule has 0 bridgehead atoms. The van der Waals surface area contributed by atoms with Crippen LogP contribution < -0.4 is 5.43 Å². The first-order valence-electron chi connectivity index (χ1n) is 5.63. The number of carbonyl (C=O) groups is 1. The molecule has 2 rings (SSSR count). The first kappa shape index (κ1) is 13.4. The smallest absolute Gasteiger partial charge is 0.335 e. The third kappa shape index (κ3) is 2.69. The van der Waals surface area contributed by atoms with Crippen molar-refractivity contribution in [2.45, 2.75) is 13.8 Å². The molecule has 98 valence electrons. The van der Waals surface area contributed by atoms with Crippen LogP contribution in [0.3, 0.4) is 0 Å². The Bertz CT molecular complexity index is 693. The van der Waals surface area contributed by atoms with Crippen LogP contribution in [-0.2, 0) is 0 Å². The fraction of sp³-hybridized carbons (Fsp3) is 0.143. The van der Waals surface area contributed by atoms with Gasteiger partial charge in [0.05, 0.1) is 5.56 Å². The van der Waals surface area contributed by atoms with Gasteiger partial charge in [-0.25, -0.2) is 4.79 Å². The number of carboxylic acids is 1. The molecule has 0 saturated carbocycles. The van der Waals surface area contributed by atoms with E-state index in [4.69, 9.17) is 16.7 Å². The van der Waals surface area contributed by atoms with Crippen LogP contribution in [0.25, 0.3) is 5.69 Å². The van der Waals surface area contributed by atoms with Crippen LogP contribution in [0.5, 0.6) is 0 Å². The van der Waals surface area contributed by atoms with E-state index in [9.17, 15) is 9.59 Å². The predicted molar refractivity (Wildman–Crippen MR) is 73.5 cm³/mol. The molecule has 0 spiro atoms. The van der Waals surface area contributed by atoms with Crippen molar-refractivity contribution < 1.29 is 9.90 Å². The van der Waals surface area contributed by atoms with Crippen LogP contribution in [0.1, 0.15) is 21.7 Å². The minimum Gasteiger partial charge on any atom is -0.478 e. The van der Waals surface area contributed by atoms with Crippen LogP contribution in [0.15, 0.2) is 35.1 Å². The highest BCUT2D eigenvalue weighted by Crippen LogP contribution is 2.20. The van der Waals surface area contributed by atoms with Gasteiger partial charge in [-0.1, -0.05) is 11.6 Å². The topological polar surface area (TPSA) is 59.3 Å². The lowest BCUT2D eigenvalue weighted by molar-refractivity contribution is 0.0697. The number of halogens is 1. The van der Waals surface area contributed by atoms with Crippen molar-refractivity contribution in [3.63, 3.8) is 0 Å². The molecule has 1 heterocycles. The van der Waals surface area contributed by atoms with Crippen LogP contribution >= 0.6 is 11.6 Å². The van der Waals surface area contributed by atoms with Gasteiger partial charge in [-0.3, -0.25) is 4.79 Å². The summed E-state index contributed by atoms with van der Waals surface area (Å²) >= 11 is 5.94. The Morgan fingerprint density at radius 1 is 1.11 bits per heavy atom. The summed E-state index contributed by atoms with van der Waals surface area (Å²) in [6.07, 6.45) is 0. The minimum absolute atomic E-state index is 0.0771. The molecule has 0 aliphatic rings. The number of aromatic nitrogens is 1. The number of carboxylic acid groups (broad SMARTS) is 1. The van der Waals surface area contributed by atoms with E-state index in [1.807, 2.05) is 0 Å². The molecule has 1 aromatic heterocycles. The molecule has 5 heteroatoms. The fourth-order valence-corrected chi connectivity index (χ4v) is 2.32. The Morgan fingerprint density at radius 3 is 2.21 bits per heavy atom. The zero-order chi connectivity index (χ0) is 14.2. The monoisotopic (exact) mass is 277 g/mol. The summed E-state index contributed by atoms with van der Waals surface area (Å²) in [6.45, 7) is 3.57. The predicted octanol–water partition coefficient (Wildman–Crippen LogP) is 2.81. The Balaban J connectivity index is 2.72. The number of hydrogen-bond acceptors (Lipinski definition) is 2. The first-order chi connectivity index (χ1) is 8.88. The summed E-state index contributed by atoms with van der Waals surface area (Å²) < 4.78 is 1.79. The molecule has 0 saturated heterocycles. The molecular weight excluding hydrogens is 266 g/mol. The fourth-order valence-electron chi connectivity index (χ4n) is 2.09. The van der Waals surface area contributed by atoms with Crippen molar-refractivity contribution in [1.82, 2.24) is 4.57 Å². The largest absolute Gasteiger partial charge is 0.478 e. The molecule has 1 aromatic carbocycles. The Labute approximate surface area is 114 Å². The maximum atomic E-state index is 11.4. The minimum atomic E-state index is -1.04. The molecule has 0 radical (unpaired) electrons. The lowest BCUT2D eigenvalue weighted by atomic mass is 10.1. The second-order valence-electron chi connectivity index (χ2n) is 4.31. The number of pyridine rings is 1. The molecule has 0 fully saturated rings. The summed E-state index contributed by atoms with van der Waals surface area (Å²) in [7, 11) is 0. The molecule has 0 aliphatic heterocycles. The van der Waals surface area contributed by atoms with Crippen molar-refractivity contribution >= 4 is 17.6 Å². The van der Waals surface area contributed by atoms with Gasteiger partial charge in [0.15, 0.2) is 5.43 Å². The number of hydrogen-bond donors (Lipinski definition) is 1. The number of aromatic carboxylic acids is 1. The zero-order valence-electron chi connectivity index (χ0n) is 10.5. The van der Waals surface area contributed by atoms with Gasteiger partial charge in [0.2, 0.25) is 0 Å². The highest BCUT2D eigenvalue weighted by molar-refractivity contribution is 6.31. The summed E-state index contributed by atoms with van der Waals surface area (Å²) in [5.41, 5.74) is 2.11. The first-order valence-corrected chi connectivity index (χ1v) is 6.01. The molecule has 0 aliphatic carbocycles. The highest BCUT2D eigenvalue weighted by Gasteiger charge is 2.10. The van der Waals surface area contributed by atoms with Gasteiger partial charge in [-0.05, 0) is 32.0 Å². The maximum absolute atomic E-state index is 11.4. The van der Waals surface area contributed by atoms with E-state index in [2.05, 4.69) is 0 Å². The number of rotatable bonds is 2. The van der Waals surface area contributed by atoms with Crippen molar-refractivity contribution in [2.24, 2.45) is 0 Å². The van der Waals surface area contributed by atoms with Gasteiger partial charge >= 0.3 is 5.97 Å². The second-order valence-corrected chi connectivity index (χ2v) is 4.75. The normalized spacial score (nSPS) is 10.5. The SMILES string of the molecule is Cc1cc(=O)cc(C)n1-c1cc(Cl)cc(C(=O)O)c1. The molecule has 19 heavy (non-hydrogen) atoms. The van der Waals surface area contributed by atoms with Gasteiger partial charge in [0.1, 0.15) is 0 Å². The Morgan fingerprint density at radius 2 is 1.68 bits per heavy atom. The lowest BCUT2D eigenvalue weighted by Crippen LogP contribution is -2.12. The van der Waals surface area contributed by atoms with Crippen molar-refractivity contribution in [1.29, 1.82) is 0 Å². The van der Waals surface area contributed by atoms with Gasteiger partial charge in [0, 0.05) is 34.2 Å². The number of benzene rings is 1. The van der Waals surface area contributed by atoms with Crippen LogP contribution in [0.4, 0.5) is 0 Å². The van der Waals surface area contributed by atoms with E-state index in [1.165, 1.54) is 24.3 Å². The van der Waals surface area contributed by atoms with E-state index in [0.717, 1.165) is 11.4 Å². The molecule has 1 N–H and O–H groups in total. The second kappa shape index (κ2) is 4.90. The molecule has 2 aromatic rings. The number of nitrogens with zero attached hydrogens (tertiary/aromatic N) is 1.